The van der Waals surface area contributed by atoms with E-state index in [1.54, 1.807) is 0 Å². The third-order valence-corrected chi connectivity index (χ3v) is 0.167. The highest BCUT2D eigenvalue weighted by atomic mass is 14.6. The first-order chi connectivity index (χ1) is 13.3. The van der Waals surface area contributed by atoms with Crippen LogP contribution in [0, 0.1) is 6.92 Å². The van der Waals surface area contributed by atoms with Crippen LogP contribution < -0.4 is 17.2 Å². The van der Waals surface area contributed by atoms with Crippen LogP contribution in [-0.4, -0.2) is 19.6 Å². The summed E-state index contributed by atoms with van der Waals surface area (Å²) in [5.74, 6) is 0. The van der Waals surface area contributed by atoms with Gasteiger partial charge >= 0.3 is 0 Å². The summed E-state index contributed by atoms with van der Waals surface area (Å²) in [4.78, 5) is 0. The number of hydrogen-bond acceptors (Lipinski definition) is 3. The summed E-state index contributed by atoms with van der Waals surface area (Å²) in [5.41, 5.74) is 14.5. The Hall–Kier alpha value is -2.72. The van der Waals surface area contributed by atoms with Crippen molar-refractivity contribution in [2.45, 2.75) is 0 Å². The van der Waals surface area contributed by atoms with Crippen LogP contribution in [0.5, 0.6) is 0 Å². The summed E-state index contributed by atoms with van der Waals surface area (Å²) in [7, 11) is 0. The molecule has 6 N–H and O–H groups in total. The van der Waals surface area contributed by atoms with Crippen LogP contribution in [0.15, 0.2) is 132 Å². The minimum atomic E-state index is 0.500. The SMILES string of the molecule is C=C.C=C.C=C.C=C.C=C.C=C.C=C.C=C.C=C.C=C.NCCN.[CH2]CN. The number of hydrogen-bond donors (Lipinski definition) is 3. The van der Waals surface area contributed by atoms with Gasteiger partial charge in [-0.25, -0.2) is 0 Å². The minimum Gasteiger partial charge on any atom is -0.330 e. The molecule has 0 aliphatic heterocycles. The van der Waals surface area contributed by atoms with E-state index in [0.717, 1.165) is 0 Å². The monoisotopic (exact) mass is 384 g/mol. The minimum absolute atomic E-state index is 0.500. The lowest BCUT2D eigenvalue weighted by Crippen LogP contribution is -2.11. The lowest BCUT2D eigenvalue weighted by Gasteiger charge is -1.72. The fourth-order valence-corrected chi connectivity index (χ4v) is 0. The predicted octanol–water partition coefficient (Wildman–Crippen LogP) is 6.70. The zero-order chi connectivity index (χ0) is 26.1. The molecule has 0 unspecified atom stereocenters. The molecule has 0 rings (SSSR count). The van der Waals surface area contributed by atoms with E-state index in [2.05, 4.69) is 139 Å². The van der Waals surface area contributed by atoms with E-state index in [1.807, 2.05) is 0 Å². The highest BCUT2D eigenvalue weighted by Gasteiger charge is 1.54. The molecule has 0 aliphatic carbocycles. The molecule has 0 aromatic heterocycles. The zero-order valence-corrected chi connectivity index (χ0v) is 18.7. The second-order valence-electron chi connectivity index (χ2n) is 0.866. The normalized spacial score (nSPS) is 3.26. The molecule has 0 fully saturated rings. The molecule has 0 aromatic rings. The molecule has 165 valence electrons. The summed E-state index contributed by atoms with van der Waals surface area (Å²) in [6.07, 6.45) is 0. The fraction of sp³-hybridized carbons (Fsp3) is 0.125. The van der Waals surface area contributed by atoms with E-state index >= 15 is 0 Å². The lowest BCUT2D eigenvalue weighted by atomic mass is 10.7. The molecule has 0 heterocycles. The van der Waals surface area contributed by atoms with Crippen molar-refractivity contribution in [3.05, 3.63) is 139 Å². The first kappa shape index (κ1) is 87.3. The first-order valence-electron chi connectivity index (χ1n) is 7.22. The van der Waals surface area contributed by atoms with Gasteiger partial charge in [-0.2, -0.15) is 0 Å². The van der Waals surface area contributed by atoms with Gasteiger partial charge in [-0.05, 0) is 13.5 Å². The van der Waals surface area contributed by atoms with E-state index in [1.165, 1.54) is 0 Å². The van der Waals surface area contributed by atoms with Crippen LogP contribution in [0.2, 0.25) is 0 Å². The topological polar surface area (TPSA) is 78.1 Å². The van der Waals surface area contributed by atoms with Crippen LogP contribution in [0.4, 0.5) is 0 Å². The average Bonchev–Trinajstić information content (AvgIpc) is 2.87. The van der Waals surface area contributed by atoms with Gasteiger partial charge in [-0.3, -0.25) is 0 Å². The smallest absolute Gasteiger partial charge is 0.00461 e. The molecule has 0 amide bonds. The maximum Gasteiger partial charge on any atom is 0.00461 e. The van der Waals surface area contributed by atoms with Crippen molar-refractivity contribution in [1.29, 1.82) is 0 Å². The van der Waals surface area contributed by atoms with Crippen molar-refractivity contribution in [3.63, 3.8) is 0 Å². The molecule has 3 heteroatoms. The maximum absolute atomic E-state index is 4.90. The molecule has 27 heavy (non-hydrogen) atoms. The molecule has 0 bridgehead atoms. The second kappa shape index (κ2) is 147000. The van der Waals surface area contributed by atoms with Gasteiger partial charge in [0.2, 0.25) is 0 Å². The molecule has 0 aliphatic rings. The van der Waals surface area contributed by atoms with Gasteiger partial charge in [0.25, 0.3) is 0 Å². The van der Waals surface area contributed by atoms with Crippen molar-refractivity contribution < 1.29 is 0 Å². The number of rotatable bonds is 1. The van der Waals surface area contributed by atoms with Gasteiger partial charge in [-0.1, -0.05) is 0 Å². The van der Waals surface area contributed by atoms with Gasteiger partial charge < -0.3 is 17.2 Å². The average molecular weight is 385 g/mol. The largest absolute Gasteiger partial charge is 0.330 e. The third-order valence-electron chi connectivity index (χ3n) is 0.167. The van der Waals surface area contributed by atoms with Crippen LogP contribution >= 0.6 is 0 Å². The summed E-state index contributed by atoms with van der Waals surface area (Å²) in [6, 6.07) is 0. The standard InChI is InChI=1S/C2H8N2.C2H6N.10C2H4/c3-1-2-4;1-2-3;10*1-2/h1-4H2;1-3H2;10*1-2H2. The van der Waals surface area contributed by atoms with Crippen molar-refractivity contribution in [3.8, 4) is 0 Å². The Morgan fingerprint density at radius 1 is 0.296 bits per heavy atom. The summed E-state index contributed by atoms with van der Waals surface area (Å²) >= 11 is 0. The summed E-state index contributed by atoms with van der Waals surface area (Å²) < 4.78 is 0. The quantitative estimate of drug-likeness (QED) is 0.440. The van der Waals surface area contributed by atoms with Gasteiger partial charge in [0, 0.05) is 13.1 Å². The lowest BCUT2D eigenvalue weighted by molar-refractivity contribution is 0.976. The van der Waals surface area contributed by atoms with Crippen LogP contribution in [0.25, 0.3) is 0 Å². The van der Waals surface area contributed by atoms with Crippen molar-refractivity contribution in [2.24, 2.45) is 17.2 Å². The van der Waals surface area contributed by atoms with Crippen molar-refractivity contribution in [2.75, 3.05) is 19.6 Å². The molecule has 0 saturated heterocycles. The van der Waals surface area contributed by atoms with Crippen molar-refractivity contribution >= 4 is 0 Å². The molecular weight excluding hydrogens is 330 g/mol. The van der Waals surface area contributed by atoms with E-state index in [4.69, 9.17) is 17.2 Å². The first-order valence-corrected chi connectivity index (χ1v) is 7.22. The van der Waals surface area contributed by atoms with Gasteiger partial charge in [0.05, 0.1) is 0 Å². The molecule has 0 atom stereocenters. The highest BCUT2D eigenvalue weighted by molar-refractivity contribution is 4.26. The van der Waals surface area contributed by atoms with Gasteiger partial charge in [-0.15, -0.1) is 132 Å². The summed E-state index contributed by atoms with van der Waals surface area (Å²) in [5, 5.41) is 0. The van der Waals surface area contributed by atoms with Crippen LogP contribution in [-0.2, 0) is 0 Å². The fourth-order valence-electron chi connectivity index (χ4n) is 0. The molecule has 0 aromatic carbocycles. The third kappa shape index (κ3) is 3560. The Morgan fingerprint density at radius 3 is 0.333 bits per heavy atom. The van der Waals surface area contributed by atoms with Gasteiger partial charge in [0.15, 0.2) is 0 Å². The van der Waals surface area contributed by atoms with E-state index in [0.29, 0.717) is 19.6 Å². The van der Waals surface area contributed by atoms with Crippen molar-refractivity contribution in [1.82, 2.24) is 0 Å². The highest BCUT2D eigenvalue weighted by Crippen LogP contribution is 1.24. The molecule has 0 saturated carbocycles. The Balaban J connectivity index is -0.00000000921. The maximum atomic E-state index is 4.90. The molecule has 3 nitrogen and oxygen atoms in total. The van der Waals surface area contributed by atoms with Gasteiger partial charge in [0.1, 0.15) is 0 Å². The second-order valence-corrected chi connectivity index (χ2v) is 0.866. The van der Waals surface area contributed by atoms with E-state index in [9.17, 15) is 0 Å². The van der Waals surface area contributed by atoms with Crippen LogP contribution in [0.3, 0.4) is 0 Å². The zero-order valence-electron chi connectivity index (χ0n) is 18.7. The Kier molecular flexibility index (Phi) is 476000. The Bertz CT molecular complexity index is 74.6. The van der Waals surface area contributed by atoms with Crippen LogP contribution in [0.1, 0.15) is 0 Å². The molecular formula is C24H54N3. The number of nitrogens with two attached hydrogens (primary N) is 3. The molecule has 0 spiro atoms. The molecule has 1 radical (unpaired) electrons. The van der Waals surface area contributed by atoms with E-state index in [-0.39, 0.29) is 0 Å². The predicted molar refractivity (Wildman–Crippen MR) is 145 cm³/mol. The Morgan fingerprint density at radius 2 is 0.333 bits per heavy atom. The Labute approximate surface area is 175 Å². The summed E-state index contributed by atoms with van der Waals surface area (Å²) in [6.45, 7) is 65.0. The van der Waals surface area contributed by atoms with E-state index < -0.39 is 0 Å².